The van der Waals surface area contributed by atoms with Crippen molar-refractivity contribution in [1.82, 2.24) is 9.78 Å². The smallest absolute Gasteiger partial charge is 0.233 e. The van der Waals surface area contributed by atoms with Crippen molar-refractivity contribution in [2.75, 3.05) is 0 Å². The van der Waals surface area contributed by atoms with Gasteiger partial charge in [0, 0.05) is 0 Å². The quantitative estimate of drug-likeness (QED) is 0.398. The minimum Gasteiger partial charge on any atom is -0.469 e. The third-order valence-electron chi connectivity index (χ3n) is 3.66. The lowest BCUT2D eigenvalue weighted by molar-refractivity contribution is 0.519. The van der Waals surface area contributed by atoms with Crippen LogP contribution < -0.4 is 4.80 Å². The summed E-state index contributed by atoms with van der Waals surface area (Å²) in [5, 5.41) is 14.2. The van der Waals surface area contributed by atoms with Crippen LogP contribution in [0.15, 0.2) is 93.7 Å². The third-order valence-corrected chi connectivity index (χ3v) is 4.56. The summed E-state index contributed by atoms with van der Waals surface area (Å²) in [6.45, 7) is 0. The lowest BCUT2D eigenvalue weighted by Gasteiger charge is -1.99. The largest absolute Gasteiger partial charge is 0.469 e. The van der Waals surface area contributed by atoms with Crippen molar-refractivity contribution in [2.24, 2.45) is 10.2 Å². The zero-order valence-corrected chi connectivity index (χ0v) is 14.7. The second kappa shape index (κ2) is 7.76. The maximum atomic E-state index is 5.43. The molecule has 0 N–H and O–H groups in total. The Balaban J connectivity index is 1.70. The SMILES string of the molecule is C(=N\N=c1/sc(Cc2ccco2)nn1-c1ccccc1)/c1ccccc1. The van der Waals surface area contributed by atoms with E-state index in [0.29, 0.717) is 11.2 Å². The van der Waals surface area contributed by atoms with Crippen LogP contribution >= 0.6 is 11.3 Å². The predicted molar refractivity (Wildman–Crippen MR) is 103 cm³/mol. The molecule has 4 rings (SSSR count). The maximum absolute atomic E-state index is 5.43. The van der Waals surface area contributed by atoms with E-state index in [4.69, 9.17) is 4.42 Å². The topological polar surface area (TPSA) is 55.7 Å². The number of para-hydroxylation sites is 1. The van der Waals surface area contributed by atoms with Crippen molar-refractivity contribution >= 4 is 17.6 Å². The predicted octanol–water partition coefficient (Wildman–Crippen LogP) is 4.05. The first-order valence-electron chi connectivity index (χ1n) is 8.17. The molecular formula is C20H16N4OS. The van der Waals surface area contributed by atoms with E-state index in [9.17, 15) is 0 Å². The molecule has 2 aromatic carbocycles. The zero-order valence-electron chi connectivity index (χ0n) is 13.9. The van der Waals surface area contributed by atoms with Crippen molar-refractivity contribution < 1.29 is 4.42 Å². The molecule has 2 heterocycles. The first-order chi connectivity index (χ1) is 12.9. The molecule has 6 heteroatoms. The molecule has 0 fully saturated rings. The Hall–Kier alpha value is -3.25. The molecule has 0 saturated carbocycles. The van der Waals surface area contributed by atoms with Crippen LogP contribution in [0.4, 0.5) is 0 Å². The average Bonchev–Trinajstić information content (AvgIpc) is 3.34. The van der Waals surface area contributed by atoms with Gasteiger partial charge in [-0.1, -0.05) is 59.9 Å². The van der Waals surface area contributed by atoms with E-state index in [1.165, 1.54) is 11.3 Å². The second-order valence-corrected chi connectivity index (χ2v) is 6.58. The zero-order chi connectivity index (χ0) is 17.6. The highest BCUT2D eigenvalue weighted by Crippen LogP contribution is 2.12. The molecule has 0 amide bonds. The number of benzene rings is 2. The summed E-state index contributed by atoms with van der Waals surface area (Å²) >= 11 is 1.50. The Bertz CT molecular complexity index is 1050. The summed E-state index contributed by atoms with van der Waals surface area (Å²) in [7, 11) is 0. The van der Waals surface area contributed by atoms with E-state index >= 15 is 0 Å². The minimum absolute atomic E-state index is 0.627. The van der Waals surface area contributed by atoms with Crippen LogP contribution in [0.2, 0.25) is 0 Å². The van der Waals surface area contributed by atoms with Crippen molar-refractivity contribution in [3.05, 3.63) is 100 Å². The Morgan fingerprint density at radius 2 is 1.73 bits per heavy atom. The number of rotatable bonds is 5. The molecule has 0 saturated heterocycles. The molecule has 0 unspecified atom stereocenters. The summed E-state index contributed by atoms with van der Waals surface area (Å²) in [6, 6.07) is 23.6. The molecule has 0 radical (unpaired) electrons. The van der Waals surface area contributed by atoms with Gasteiger partial charge < -0.3 is 4.42 Å². The van der Waals surface area contributed by atoms with Gasteiger partial charge in [0.25, 0.3) is 0 Å². The number of aromatic nitrogens is 2. The second-order valence-electron chi connectivity index (χ2n) is 5.54. The van der Waals surface area contributed by atoms with Gasteiger partial charge in [-0.2, -0.15) is 10.2 Å². The van der Waals surface area contributed by atoms with Crippen LogP contribution in [0.25, 0.3) is 5.69 Å². The molecule has 4 aromatic rings. The van der Waals surface area contributed by atoms with Gasteiger partial charge in [0.2, 0.25) is 4.80 Å². The molecular weight excluding hydrogens is 344 g/mol. The minimum atomic E-state index is 0.627. The first kappa shape index (κ1) is 16.2. The molecule has 26 heavy (non-hydrogen) atoms. The summed E-state index contributed by atoms with van der Waals surface area (Å²) in [6.07, 6.45) is 4.04. The molecule has 0 spiro atoms. The molecule has 0 aliphatic carbocycles. The molecule has 5 nitrogen and oxygen atoms in total. The van der Waals surface area contributed by atoms with Gasteiger partial charge >= 0.3 is 0 Å². The first-order valence-corrected chi connectivity index (χ1v) is 8.99. The van der Waals surface area contributed by atoms with Crippen molar-refractivity contribution in [2.45, 2.75) is 6.42 Å². The number of hydrogen-bond donors (Lipinski definition) is 0. The molecule has 0 atom stereocenters. The normalized spacial score (nSPS) is 12.1. The molecule has 128 valence electrons. The van der Waals surface area contributed by atoms with Crippen LogP contribution in [-0.2, 0) is 6.42 Å². The molecule has 0 bridgehead atoms. The van der Waals surface area contributed by atoms with Gasteiger partial charge in [-0.25, -0.2) is 4.68 Å². The van der Waals surface area contributed by atoms with Crippen molar-refractivity contribution in [3.63, 3.8) is 0 Å². The van der Waals surface area contributed by atoms with Gasteiger partial charge in [-0.05, 0) is 29.8 Å². The highest BCUT2D eigenvalue weighted by atomic mass is 32.1. The fourth-order valence-corrected chi connectivity index (χ4v) is 3.31. The van der Waals surface area contributed by atoms with E-state index in [2.05, 4.69) is 15.3 Å². The van der Waals surface area contributed by atoms with E-state index < -0.39 is 0 Å². The molecule has 0 aliphatic rings. The van der Waals surface area contributed by atoms with Gasteiger partial charge in [0.05, 0.1) is 24.6 Å². The Morgan fingerprint density at radius 1 is 0.962 bits per heavy atom. The number of hydrogen-bond acceptors (Lipinski definition) is 5. The van der Waals surface area contributed by atoms with Crippen molar-refractivity contribution in [3.8, 4) is 5.69 Å². The summed E-state index contributed by atoms with van der Waals surface area (Å²) in [5.41, 5.74) is 1.95. The maximum Gasteiger partial charge on any atom is 0.233 e. The van der Waals surface area contributed by atoms with Crippen LogP contribution in [-0.4, -0.2) is 16.0 Å². The van der Waals surface area contributed by atoms with Gasteiger partial charge in [-0.3, -0.25) is 0 Å². The standard InChI is InChI=1S/C20H16N4OS/c1-3-8-16(9-4-1)15-21-22-20-24(17-10-5-2-6-11-17)23-19(26-20)14-18-12-7-13-25-18/h1-13,15H,14H2/b21-15+,22-20-. The van der Waals surface area contributed by atoms with Gasteiger partial charge in [0.1, 0.15) is 10.8 Å². The third kappa shape index (κ3) is 3.87. The monoisotopic (exact) mass is 360 g/mol. The Kier molecular flexibility index (Phi) is 4.84. The fraction of sp³-hybridized carbons (Fsp3) is 0.0500. The van der Waals surface area contributed by atoms with Crippen LogP contribution in [0.3, 0.4) is 0 Å². The van der Waals surface area contributed by atoms with Gasteiger partial charge in [0.15, 0.2) is 0 Å². The highest BCUT2D eigenvalue weighted by Gasteiger charge is 2.09. The van der Waals surface area contributed by atoms with Gasteiger partial charge in [-0.15, -0.1) is 5.10 Å². The number of furan rings is 1. The van der Waals surface area contributed by atoms with E-state index in [1.54, 1.807) is 12.5 Å². The van der Waals surface area contributed by atoms with E-state index in [1.807, 2.05) is 77.5 Å². The Labute approximate surface area is 154 Å². The Morgan fingerprint density at radius 3 is 2.46 bits per heavy atom. The molecule has 0 aliphatic heterocycles. The number of nitrogens with zero attached hydrogens (tertiary/aromatic N) is 4. The van der Waals surface area contributed by atoms with Crippen molar-refractivity contribution in [1.29, 1.82) is 0 Å². The summed E-state index contributed by atoms with van der Waals surface area (Å²) < 4.78 is 7.24. The van der Waals surface area contributed by atoms with Crippen LogP contribution in [0.5, 0.6) is 0 Å². The summed E-state index contributed by atoms with van der Waals surface area (Å²) in [4.78, 5) is 0.713. The van der Waals surface area contributed by atoms with E-state index in [-0.39, 0.29) is 0 Å². The molecule has 2 aromatic heterocycles. The lowest BCUT2D eigenvalue weighted by atomic mass is 10.2. The average molecular weight is 360 g/mol. The highest BCUT2D eigenvalue weighted by molar-refractivity contribution is 7.08. The fourth-order valence-electron chi connectivity index (χ4n) is 2.44. The summed E-state index contributed by atoms with van der Waals surface area (Å²) in [5.74, 6) is 0.873. The van der Waals surface area contributed by atoms with Crippen LogP contribution in [0.1, 0.15) is 16.3 Å². The lowest BCUT2D eigenvalue weighted by Crippen LogP contribution is -2.13. The van der Waals surface area contributed by atoms with E-state index in [0.717, 1.165) is 22.0 Å². The van der Waals surface area contributed by atoms with Crippen LogP contribution in [0, 0.1) is 0 Å².